The summed E-state index contributed by atoms with van der Waals surface area (Å²) in [6.07, 6.45) is 0.558. The predicted molar refractivity (Wildman–Crippen MR) is 80.9 cm³/mol. The number of hydrogen-bond acceptors (Lipinski definition) is 5. The normalized spacial score (nSPS) is 28.0. The number of sulfone groups is 1. The van der Waals surface area contributed by atoms with Gasteiger partial charge in [-0.25, -0.2) is 8.42 Å². The molecule has 122 valence electrons. The van der Waals surface area contributed by atoms with Crippen LogP contribution in [0.2, 0.25) is 0 Å². The van der Waals surface area contributed by atoms with E-state index in [2.05, 4.69) is 11.8 Å². The van der Waals surface area contributed by atoms with Crippen LogP contribution < -0.4 is 0 Å². The van der Waals surface area contributed by atoms with Crippen LogP contribution in [0.4, 0.5) is 0 Å². The molecule has 2 aliphatic rings. The summed E-state index contributed by atoms with van der Waals surface area (Å²) in [5.74, 6) is -0.120. The maximum atomic E-state index is 12.2. The predicted octanol–water partition coefficient (Wildman–Crippen LogP) is -0.00970. The van der Waals surface area contributed by atoms with E-state index in [0.29, 0.717) is 31.5 Å². The van der Waals surface area contributed by atoms with E-state index in [0.717, 1.165) is 26.3 Å². The van der Waals surface area contributed by atoms with Gasteiger partial charge >= 0.3 is 0 Å². The monoisotopic (exact) mass is 318 g/mol. The Morgan fingerprint density at radius 2 is 1.90 bits per heavy atom. The summed E-state index contributed by atoms with van der Waals surface area (Å²) in [4.78, 5) is 16.3. The Hall–Kier alpha value is -0.660. The van der Waals surface area contributed by atoms with Gasteiger partial charge in [0.15, 0.2) is 9.84 Å². The van der Waals surface area contributed by atoms with E-state index in [1.165, 1.54) is 0 Å². The van der Waals surface area contributed by atoms with Crippen molar-refractivity contribution in [3.05, 3.63) is 0 Å². The summed E-state index contributed by atoms with van der Waals surface area (Å²) in [7, 11) is -3.25. The Balaban J connectivity index is 1.92. The summed E-state index contributed by atoms with van der Waals surface area (Å²) < 4.78 is 28.9. The van der Waals surface area contributed by atoms with Gasteiger partial charge in [-0.1, -0.05) is 13.8 Å². The standard InChI is InChI=1S/C14H26N2O4S/c1-3-8-21(18,19)11-14(17)16-9-12(2)13(10-16)15-4-6-20-7-5-15/h12-13H,3-11H2,1-2H3. The third-order valence-corrected chi connectivity index (χ3v) is 6.02. The lowest BCUT2D eigenvalue weighted by Crippen LogP contribution is -2.47. The van der Waals surface area contributed by atoms with Crippen molar-refractivity contribution < 1.29 is 17.9 Å². The summed E-state index contributed by atoms with van der Waals surface area (Å²) in [6.45, 7) is 8.51. The average Bonchev–Trinajstić information content (AvgIpc) is 2.81. The number of morpholine rings is 1. The fourth-order valence-corrected chi connectivity index (χ4v) is 4.53. The van der Waals surface area contributed by atoms with Crippen molar-refractivity contribution in [1.29, 1.82) is 0 Å². The van der Waals surface area contributed by atoms with E-state index in [4.69, 9.17) is 4.74 Å². The number of rotatable bonds is 5. The van der Waals surface area contributed by atoms with Crippen LogP contribution in [0.25, 0.3) is 0 Å². The minimum absolute atomic E-state index is 0.0923. The zero-order valence-electron chi connectivity index (χ0n) is 13.0. The third-order valence-electron chi connectivity index (χ3n) is 4.30. The molecule has 0 aromatic rings. The number of nitrogens with zero attached hydrogens (tertiary/aromatic N) is 2. The molecule has 0 aromatic heterocycles. The first-order chi connectivity index (χ1) is 9.93. The van der Waals surface area contributed by atoms with Crippen LogP contribution in [0.5, 0.6) is 0 Å². The van der Waals surface area contributed by atoms with E-state index in [1.54, 1.807) is 4.90 Å². The molecule has 2 atom stereocenters. The van der Waals surface area contributed by atoms with Gasteiger partial charge in [0, 0.05) is 32.2 Å². The number of likely N-dealkylation sites (tertiary alicyclic amines) is 1. The van der Waals surface area contributed by atoms with Crippen molar-refractivity contribution in [3.8, 4) is 0 Å². The topological polar surface area (TPSA) is 66.9 Å². The Bertz CT molecular complexity index is 460. The number of hydrogen-bond donors (Lipinski definition) is 0. The largest absolute Gasteiger partial charge is 0.379 e. The smallest absolute Gasteiger partial charge is 0.237 e. The lowest BCUT2D eigenvalue weighted by molar-refractivity contribution is -0.127. The summed E-state index contributed by atoms with van der Waals surface area (Å²) in [6, 6.07) is 0.326. The molecule has 2 unspecified atom stereocenters. The highest BCUT2D eigenvalue weighted by Gasteiger charge is 2.37. The first kappa shape index (κ1) is 16.7. The molecule has 0 N–H and O–H groups in total. The molecule has 2 saturated heterocycles. The minimum Gasteiger partial charge on any atom is -0.379 e. The molecule has 2 heterocycles. The third kappa shape index (κ3) is 4.40. The van der Waals surface area contributed by atoms with Gasteiger partial charge in [-0.3, -0.25) is 9.69 Å². The maximum Gasteiger partial charge on any atom is 0.237 e. The minimum atomic E-state index is -3.25. The van der Waals surface area contributed by atoms with Crippen LogP contribution in [0, 0.1) is 5.92 Å². The van der Waals surface area contributed by atoms with E-state index < -0.39 is 9.84 Å². The molecule has 0 bridgehead atoms. The van der Waals surface area contributed by atoms with Crippen molar-refractivity contribution in [2.45, 2.75) is 26.3 Å². The molecular weight excluding hydrogens is 292 g/mol. The molecule has 1 amide bonds. The maximum absolute atomic E-state index is 12.2. The molecule has 0 spiro atoms. The second-order valence-corrected chi connectivity index (χ2v) is 8.27. The molecule has 6 nitrogen and oxygen atoms in total. The highest BCUT2D eigenvalue weighted by Crippen LogP contribution is 2.23. The van der Waals surface area contributed by atoms with E-state index >= 15 is 0 Å². The second kappa shape index (κ2) is 7.07. The second-order valence-electron chi connectivity index (χ2n) is 6.08. The van der Waals surface area contributed by atoms with Gasteiger partial charge < -0.3 is 9.64 Å². The Morgan fingerprint density at radius 1 is 1.24 bits per heavy atom. The van der Waals surface area contributed by atoms with Crippen molar-refractivity contribution >= 4 is 15.7 Å². The first-order valence-electron chi connectivity index (χ1n) is 7.73. The summed E-state index contributed by atoms with van der Waals surface area (Å²) >= 11 is 0. The molecule has 0 saturated carbocycles. The fraction of sp³-hybridized carbons (Fsp3) is 0.929. The van der Waals surface area contributed by atoms with Crippen LogP contribution in [0.3, 0.4) is 0 Å². The van der Waals surface area contributed by atoms with E-state index in [-0.39, 0.29) is 17.4 Å². The number of ether oxygens (including phenoxy) is 1. The molecule has 2 aliphatic heterocycles. The molecule has 2 fully saturated rings. The lowest BCUT2D eigenvalue weighted by atomic mass is 10.0. The molecule has 7 heteroatoms. The molecule has 0 radical (unpaired) electrons. The van der Waals surface area contributed by atoms with E-state index in [9.17, 15) is 13.2 Å². The van der Waals surface area contributed by atoms with Crippen LogP contribution >= 0.6 is 0 Å². The van der Waals surface area contributed by atoms with Crippen molar-refractivity contribution in [1.82, 2.24) is 9.80 Å². The molecule has 2 rings (SSSR count). The van der Waals surface area contributed by atoms with Gasteiger partial charge in [0.25, 0.3) is 0 Å². The van der Waals surface area contributed by atoms with Gasteiger partial charge in [0.2, 0.25) is 5.91 Å². The number of carbonyl (C=O) groups excluding carboxylic acids is 1. The average molecular weight is 318 g/mol. The van der Waals surface area contributed by atoms with Crippen LogP contribution in [-0.2, 0) is 19.4 Å². The van der Waals surface area contributed by atoms with Gasteiger partial charge in [-0.05, 0) is 12.3 Å². The highest BCUT2D eigenvalue weighted by atomic mass is 32.2. The quantitative estimate of drug-likeness (QED) is 0.713. The van der Waals surface area contributed by atoms with Gasteiger partial charge in [0.1, 0.15) is 5.75 Å². The lowest BCUT2D eigenvalue weighted by Gasteiger charge is -2.33. The Kier molecular flexibility index (Phi) is 5.62. The zero-order chi connectivity index (χ0) is 15.5. The van der Waals surface area contributed by atoms with Crippen LogP contribution in [0.15, 0.2) is 0 Å². The molecular formula is C14H26N2O4S. The van der Waals surface area contributed by atoms with Gasteiger partial charge in [0.05, 0.1) is 19.0 Å². The SMILES string of the molecule is CCCS(=O)(=O)CC(=O)N1CC(C)C(N2CCOCC2)C1. The molecule has 0 aromatic carbocycles. The van der Waals surface area contributed by atoms with Crippen molar-refractivity contribution in [3.63, 3.8) is 0 Å². The molecule has 0 aliphatic carbocycles. The summed E-state index contributed by atoms with van der Waals surface area (Å²) in [5, 5.41) is 0. The molecule has 21 heavy (non-hydrogen) atoms. The van der Waals surface area contributed by atoms with Crippen molar-refractivity contribution in [2.75, 3.05) is 50.9 Å². The van der Waals surface area contributed by atoms with Gasteiger partial charge in [-0.15, -0.1) is 0 Å². The van der Waals surface area contributed by atoms with E-state index in [1.807, 2.05) is 6.92 Å². The zero-order valence-corrected chi connectivity index (χ0v) is 13.8. The first-order valence-corrected chi connectivity index (χ1v) is 9.55. The van der Waals surface area contributed by atoms with Crippen LogP contribution in [-0.4, -0.2) is 81.1 Å². The van der Waals surface area contributed by atoms with Crippen molar-refractivity contribution in [2.24, 2.45) is 5.92 Å². The Morgan fingerprint density at radius 3 is 2.52 bits per heavy atom. The van der Waals surface area contributed by atoms with Crippen LogP contribution in [0.1, 0.15) is 20.3 Å². The summed E-state index contributed by atoms with van der Waals surface area (Å²) in [5.41, 5.74) is 0. The fourth-order valence-electron chi connectivity index (χ4n) is 3.20. The highest BCUT2D eigenvalue weighted by molar-refractivity contribution is 7.92. The number of amides is 1. The number of carbonyl (C=O) groups is 1. The van der Waals surface area contributed by atoms with Gasteiger partial charge in [-0.2, -0.15) is 0 Å². The Labute approximate surface area is 127 Å².